The first-order valence-electron chi connectivity index (χ1n) is 22.5. The van der Waals surface area contributed by atoms with E-state index in [1.54, 1.807) is 0 Å². The van der Waals surface area contributed by atoms with E-state index in [0.717, 1.165) is 110 Å². The predicted octanol–water partition coefficient (Wildman–Crippen LogP) is 16.4. The number of fused-ring (bicyclic) bond motifs is 8. The summed E-state index contributed by atoms with van der Waals surface area (Å²) in [5.41, 5.74) is 13.4. The molecule has 11 aromatic rings. The predicted molar refractivity (Wildman–Crippen MR) is 248 cm³/mol. The highest BCUT2D eigenvalue weighted by atomic mass is 16.5. The molecule has 1 aliphatic carbocycles. The van der Waals surface area contributed by atoms with Crippen LogP contribution in [0.2, 0.25) is 0 Å². The van der Waals surface area contributed by atoms with Gasteiger partial charge in [-0.1, -0.05) is 176 Å². The van der Waals surface area contributed by atoms with Crippen molar-refractivity contribution >= 4 is 43.1 Å². The molecule has 0 unspecified atom stereocenters. The van der Waals surface area contributed by atoms with Gasteiger partial charge in [0.1, 0.15) is 11.5 Å². The third-order valence-electron chi connectivity index (χ3n) is 12.4. The molecule has 11 aromatic carbocycles. The van der Waals surface area contributed by atoms with Crippen LogP contribution in [0.25, 0.3) is 121 Å². The first-order valence-corrected chi connectivity index (χ1v) is 20.0. The van der Waals surface area contributed by atoms with Gasteiger partial charge in [-0.05, 0) is 135 Å². The van der Waals surface area contributed by atoms with Crippen molar-refractivity contribution in [2.45, 2.75) is 0 Å². The SMILES string of the molecule is [2H]c1c([2H])c([2H])c(-c2cc(-c3c4c(c(-c5ccccc5)c5ccccc35)-c3cccc5cccc-4c35)cc(-c3ccc4c5c(cccc35)-c3ccc5ccccc5c3O4)c2)c([2H])c1[2H]. The van der Waals surface area contributed by atoms with Crippen LogP contribution in [-0.4, -0.2) is 0 Å². The Bertz CT molecular complexity index is 3840. The van der Waals surface area contributed by atoms with E-state index in [0.29, 0.717) is 5.56 Å². The molecule has 0 saturated carbocycles. The Balaban J connectivity index is 1.15. The zero-order valence-electron chi connectivity index (χ0n) is 36.7. The lowest BCUT2D eigenvalue weighted by Gasteiger charge is -2.24. The molecule has 1 heteroatoms. The largest absolute Gasteiger partial charge is 0.455 e. The van der Waals surface area contributed by atoms with Crippen molar-refractivity contribution in [2.75, 3.05) is 0 Å². The summed E-state index contributed by atoms with van der Waals surface area (Å²) >= 11 is 0. The standard InChI is InChI=1S/C58H34O/c1-3-14-35(15-4-1)39-32-40(42-30-31-51-55-44(42)24-13-25-47(55)48-29-28-36-16-7-8-21-43(36)58(48)59-51)34-41(33-39)54-46-23-10-9-22-45(46)53(38-17-5-2-6-18-38)56-49-26-11-19-37-20-12-27-50(52(37)49)57(54)56/h1-34H/i1D,3D,4D,14D,15D. The highest BCUT2D eigenvalue weighted by Gasteiger charge is 2.31. The summed E-state index contributed by atoms with van der Waals surface area (Å²) in [6, 6.07) is 60.0. The van der Waals surface area contributed by atoms with Crippen molar-refractivity contribution in [1.82, 2.24) is 0 Å². The number of hydrogen-bond donors (Lipinski definition) is 0. The number of hydrogen-bond acceptors (Lipinski definition) is 1. The molecular weight excluding hydrogens is 713 g/mol. The second-order valence-corrected chi connectivity index (χ2v) is 15.5. The Morgan fingerprint density at radius 2 is 0.915 bits per heavy atom. The molecule has 2 aliphatic rings. The molecule has 0 spiro atoms. The third kappa shape index (κ3) is 4.67. The summed E-state index contributed by atoms with van der Waals surface area (Å²) in [5.74, 6) is 1.61. The number of ether oxygens (including phenoxy) is 1. The molecule has 0 aromatic heterocycles. The Kier molecular flexibility index (Phi) is 5.83. The van der Waals surface area contributed by atoms with Gasteiger partial charge in [0.05, 0.1) is 6.85 Å². The minimum Gasteiger partial charge on any atom is -0.455 e. The summed E-state index contributed by atoms with van der Waals surface area (Å²) in [7, 11) is 0. The van der Waals surface area contributed by atoms with Gasteiger partial charge < -0.3 is 4.74 Å². The van der Waals surface area contributed by atoms with Gasteiger partial charge in [-0.2, -0.15) is 0 Å². The lowest BCUT2D eigenvalue weighted by Crippen LogP contribution is -1.99. The molecule has 0 saturated heterocycles. The fraction of sp³-hybridized carbons (Fsp3) is 0. The molecule has 0 bridgehead atoms. The highest BCUT2D eigenvalue weighted by Crippen LogP contribution is 2.58. The number of rotatable bonds is 4. The lowest BCUT2D eigenvalue weighted by atomic mass is 9.81. The van der Waals surface area contributed by atoms with E-state index >= 15 is 0 Å². The summed E-state index contributed by atoms with van der Waals surface area (Å²) in [4.78, 5) is 0. The van der Waals surface area contributed by atoms with Crippen LogP contribution in [0, 0.1) is 0 Å². The zero-order valence-corrected chi connectivity index (χ0v) is 31.7. The van der Waals surface area contributed by atoms with E-state index in [1.807, 2.05) is 30.3 Å². The van der Waals surface area contributed by atoms with Gasteiger partial charge in [0, 0.05) is 16.3 Å². The van der Waals surface area contributed by atoms with Crippen LogP contribution in [0.4, 0.5) is 0 Å². The molecule has 1 heterocycles. The molecule has 0 atom stereocenters. The molecular formula is C58H34O. The first kappa shape index (κ1) is 27.8. The average molecular weight is 752 g/mol. The quantitative estimate of drug-likeness (QED) is 0.174. The first-order chi connectivity index (χ1) is 31.4. The second kappa shape index (κ2) is 12.4. The van der Waals surface area contributed by atoms with Crippen molar-refractivity contribution in [3.05, 3.63) is 206 Å². The van der Waals surface area contributed by atoms with E-state index in [2.05, 4.69) is 146 Å². The van der Waals surface area contributed by atoms with Crippen LogP contribution in [0.3, 0.4) is 0 Å². The molecule has 1 aliphatic heterocycles. The van der Waals surface area contributed by atoms with Crippen molar-refractivity contribution in [3.8, 4) is 89.4 Å². The smallest absolute Gasteiger partial charge is 0.143 e. The average Bonchev–Trinajstić information content (AvgIpc) is 3.67. The Morgan fingerprint density at radius 3 is 1.69 bits per heavy atom. The van der Waals surface area contributed by atoms with Crippen LogP contribution < -0.4 is 4.74 Å². The topological polar surface area (TPSA) is 9.23 Å². The van der Waals surface area contributed by atoms with E-state index in [9.17, 15) is 2.74 Å². The Labute approximate surface area is 349 Å². The number of benzene rings is 11. The van der Waals surface area contributed by atoms with Gasteiger partial charge in [-0.25, -0.2) is 0 Å². The maximum Gasteiger partial charge on any atom is 0.143 e. The van der Waals surface area contributed by atoms with Crippen LogP contribution in [-0.2, 0) is 0 Å². The van der Waals surface area contributed by atoms with Crippen LogP contribution in [0.1, 0.15) is 6.85 Å². The molecule has 0 radical (unpaired) electrons. The second-order valence-electron chi connectivity index (χ2n) is 15.5. The lowest BCUT2D eigenvalue weighted by molar-refractivity contribution is 0.493. The van der Waals surface area contributed by atoms with E-state index in [-0.39, 0.29) is 29.7 Å². The minimum absolute atomic E-state index is 0.160. The molecule has 13 rings (SSSR count). The maximum atomic E-state index is 9.22. The Hall–Kier alpha value is -7.74. The Morgan fingerprint density at radius 1 is 0.322 bits per heavy atom. The zero-order chi connectivity index (χ0) is 43.0. The molecule has 0 amide bonds. The van der Waals surface area contributed by atoms with Gasteiger partial charge in [0.25, 0.3) is 0 Å². The molecule has 272 valence electrons. The van der Waals surface area contributed by atoms with Gasteiger partial charge in [-0.3, -0.25) is 0 Å². The fourth-order valence-electron chi connectivity index (χ4n) is 10.0. The highest BCUT2D eigenvalue weighted by molar-refractivity contribution is 6.27. The fourth-order valence-corrected chi connectivity index (χ4v) is 10.0. The summed E-state index contributed by atoms with van der Waals surface area (Å²) in [6.07, 6.45) is 0. The van der Waals surface area contributed by atoms with E-state index in [1.165, 1.54) is 10.9 Å². The molecule has 59 heavy (non-hydrogen) atoms. The van der Waals surface area contributed by atoms with E-state index < -0.39 is 6.04 Å². The summed E-state index contributed by atoms with van der Waals surface area (Å²) in [6.45, 7) is 0. The monoisotopic (exact) mass is 751 g/mol. The van der Waals surface area contributed by atoms with Gasteiger partial charge in [0.2, 0.25) is 0 Å². The van der Waals surface area contributed by atoms with Crippen molar-refractivity contribution < 1.29 is 11.6 Å². The van der Waals surface area contributed by atoms with Crippen molar-refractivity contribution in [3.63, 3.8) is 0 Å². The maximum absolute atomic E-state index is 9.22. The molecule has 1 nitrogen and oxygen atoms in total. The summed E-state index contributed by atoms with van der Waals surface area (Å²) < 4.78 is 51.2. The van der Waals surface area contributed by atoms with Gasteiger partial charge in [0.15, 0.2) is 0 Å². The van der Waals surface area contributed by atoms with Crippen LogP contribution in [0.15, 0.2) is 206 Å². The normalized spacial score (nSPS) is 13.4. The van der Waals surface area contributed by atoms with Crippen LogP contribution >= 0.6 is 0 Å². The van der Waals surface area contributed by atoms with Gasteiger partial charge >= 0.3 is 0 Å². The van der Waals surface area contributed by atoms with Crippen molar-refractivity contribution in [1.29, 1.82) is 0 Å². The van der Waals surface area contributed by atoms with Crippen molar-refractivity contribution in [2.24, 2.45) is 0 Å². The van der Waals surface area contributed by atoms with Gasteiger partial charge in [-0.15, -0.1) is 0 Å². The minimum atomic E-state index is -0.419. The van der Waals surface area contributed by atoms with E-state index in [4.69, 9.17) is 8.85 Å². The summed E-state index contributed by atoms with van der Waals surface area (Å²) in [5, 5.41) is 8.68. The van der Waals surface area contributed by atoms with Crippen LogP contribution in [0.5, 0.6) is 11.5 Å². The molecule has 0 N–H and O–H groups in total. The molecule has 0 fully saturated rings. The third-order valence-corrected chi connectivity index (χ3v) is 12.4.